The van der Waals surface area contributed by atoms with E-state index in [4.69, 9.17) is 9.26 Å². The molecular weight excluding hydrogens is 535 g/mol. The van der Waals surface area contributed by atoms with Crippen molar-refractivity contribution in [3.05, 3.63) is 119 Å². The Morgan fingerprint density at radius 1 is 0.919 bits per heavy atom. The molecular formula is C30H30BrFN2O3. The Bertz CT molecular complexity index is 1270. The first-order valence-corrected chi connectivity index (χ1v) is 12.6. The van der Waals surface area contributed by atoms with E-state index in [1.807, 2.05) is 66.7 Å². The van der Waals surface area contributed by atoms with Gasteiger partial charge >= 0.3 is 0 Å². The van der Waals surface area contributed by atoms with Gasteiger partial charge in [0.1, 0.15) is 30.4 Å². The van der Waals surface area contributed by atoms with E-state index in [2.05, 4.69) is 5.16 Å². The second kappa shape index (κ2) is 10.4. The van der Waals surface area contributed by atoms with Crippen LogP contribution in [-0.2, 0) is 12.1 Å². The largest absolute Gasteiger partial charge is 1.00 e. The van der Waals surface area contributed by atoms with E-state index in [1.54, 1.807) is 12.1 Å². The van der Waals surface area contributed by atoms with Crippen LogP contribution in [-0.4, -0.2) is 40.5 Å². The molecule has 1 N–H and O–H groups in total. The fraction of sp³-hybridized carbons (Fsp3) is 0.300. The van der Waals surface area contributed by atoms with E-state index in [0.29, 0.717) is 23.9 Å². The maximum absolute atomic E-state index is 13.3. The van der Waals surface area contributed by atoms with Crippen molar-refractivity contribution in [3.8, 4) is 5.75 Å². The molecule has 37 heavy (non-hydrogen) atoms. The minimum atomic E-state index is -1.41. The van der Waals surface area contributed by atoms with Crippen LogP contribution in [0.3, 0.4) is 0 Å². The van der Waals surface area contributed by atoms with Gasteiger partial charge in [0.05, 0.1) is 13.1 Å². The van der Waals surface area contributed by atoms with Crippen LogP contribution in [0, 0.1) is 11.7 Å². The van der Waals surface area contributed by atoms with Crippen LogP contribution < -0.4 is 21.7 Å². The third kappa shape index (κ3) is 4.96. The molecule has 3 saturated heterocycles. The smallest absolute Gasteiger partial charge is 0.191 e. The zero-order valence-corrected chi connectivity index (χ0v) is 22.1. The molecule has 2 bridgehead atoms. The van der Waals surface area contributed by atoms with Gasteiger partial charge in [-0.2, -0.15) is 0 Å². The van der Waals surface area contributed by atoms with Crippen LogP contribution in [0.25, 0.3) is 0 Å². The predicted octanol–water partition coefficient (Wildman–Crippen LogP) is 2.29. The highest BCUT2D eigenvalue weighted by Crippen LogP contribution is 2.39. The average molecular weight is 565 g/mol. The minimum Gasteiger partial charge on any atom is -1.00 e. The highest BCUT2D eigenvalue weighted by molar-refractivity contribution is 5.44. The molecule has 0 amide bonds. The number of halogens is 2. The quantitative estimate of drug-likeness (QED) is 0.350. The number of aliphatic hydroxyl groups is 1. The molecule has 3 aliphatic heterocycles. The Morgan fingerprint density at radius 3 is 2.11 bits per heavy atom. The lowest BCUT2D eigenvalue weighted by Gasteiger charge is -2.51. The van der Waals surface area contributed by atoms with Crippen LogP contribution in [0.2, 0.25) is 0 Å². The van der Waals surface area contributed by atoms with E-state index in [9.17, 15) is 9.50 Å². The highest BCUT2D eigenvalue weighted by Gasteiger charge is 2.48. The number of hydrogen-bond acceptors (Lipinski definition) is 4. The normalized spacial score (nSPS) is 22.9. The summed E-state index contributed by atoms with van der Waals surface area (Å²) >= 11 is 0. The van der Waals surface area contributed by atoms with E-state index >= 15 is 0 Å². The summed E-state index contributed by atoms with van der Waals surface area (Å²) in [7, 11) is 0. The molecule has 4 heterocycles. The molecule has 1 atom stereocenters. The van der Waals surface area contributed by atoms with Crippen molar-refractivity contribution in [3.63, 3.8) is 0 Å². The second-order valence-corrected chi connectivity index (χ2v) is 10.2. The van der Waals surface area contributed by atoms with Gasteiger partial charge in [-0.1, -0.05) is 65.8 Å². The molecule has 4 aromatic rings. The molecule has 0 saturated carbocycles. The number of hydrogen-bond donors (Lipinski definition) is 1. The zero-order chi connectivity index (χ0) is 24.6. The van der Waals surface area contributed by atoms with Crippen LogP contribution in [0.5, 0.6) is 5.75 Å². The number of rotatable bonds is 7. The van der Waals surface area contributed by atoms with Gasteiger partial charge in [0, 0.05) is 24.8 Å². The van der Waals surface area contributed by atoms with Crippen molar-refractivity contribution < 1.29 is 40.2 Å². The number of benzene rings is 3. The molecule has 3 aromatic carbocycles. The van der Waals surface area contributed by atoms with Gasteiger partial charge in [-0.05, 0) is 35.4 Å². The molecule has 0 aliphatic carbocycles. The molecule has 7 heteroatoms. The maximum atomic E-state index is 13.3. The van der Waals surface area contributed by atoms with Gasteiger partial charge in [-0.3, -0.25) is 0 Å². The fourth-order valence-corrected chi connectivity index (χ4v) is 5.97. The van der Waals surface area contributed by atoms with Gasteiger partial charge < -0.3 is 35.8 Å². The molecule has 3 fully saturated rings. The summed E-state index contributed by atoms with van der Waals surface area (Å²) in [6, 6.07) is 27.4. The van der Waals surface area contributed by atoms with Crippen LogP contribution in [0.4, 0.5) is 4.39 Å². The summed E-state index contributed by atoms with van der Waals surface area (Å²) in [4.78, 5) is 0. The first kappa shape index (κ1) is 25.6. The van der Waals surface area contributed by atoms with Crippen molar-refractivity contribution in [1.82, 2.24) is 5.16 Å². The molecule has 1 aromatic heterocycles. The predicted molar refractivity (Wildman–Crippen MR) is 134 cm³/mol. The third-order valence-electron chi connectivity index (χ3n) is 7.95. The summed E-state index contributed by atoms with van der Waals surface area (Å²) in [6.07, 6.45) is 2.27. The monoisotopic (exact) mass is 564 g/mol. The first-order chi connectivity index (χ1) is 17.5. The highest BCUT2D eigenvalue weighted by atomic mass is 79.9. The summed E-state index contributed by atoms with van der Waals surface area (Å²) in [5, 5.41) is 16.4. The molecule has 3 aliphatic rings. The van der Waals surface area contributed by atoms with Gasteiger partial charge in [0.2, 0.25) is 0 Å². The Balaban J connectivity index is 0.00000280. The van der Waals surface area contributed by atoms with E-state index in [0.717, 1.165) is 53.8 Å². The molecule has 192 valence electrons. The minimum absolute atomic E-state index is 0. The van der Waals surface area contributed by atoms with E-state index in [-0.39, 0.29) is 28.9 Å². The summed E-state index contributed by atoms with van der Waals surface area (Å²) < 4.78 is 26.4. The number of nitrogens with zero attached hydrogens (tertiary/aromatic N) is 2. The van der Waals surface area contributed by atoms with Crippen molar-refractivity contribution >= 4 is 0 Å². The molecule has 7 rings (SSSR count). The fourth-order valence-electron chi connectivity index (χ4n) is 5.97. The van der Waals surface area contributed by atoms with Crippen LogP contribution in [0.15, 0.2) is 95.5 Å². The number of fused-ring (bicyclic) bond motifs is 3. The van der Waals surface area contributed by atoms with Gasteiger partial charge in [-0.15, -0.1) is 0 Å². The summed E-state index contributed by atoms with van der Waals surface area (Å²) in [5.74, 6) is 1.73. The van der Waals surface area contributed by atoms with Crippen LogP contribution in [0.1, 0.15) is 35.4 Å². The Hall–Kier alpha value is -3.00. The summed E-state index contributed by atoms with van der Waals surface area (Å²) in [5.41, 5.74) is 0.566. The van der Waals surface area contributed by atoms with Gasteiger partial charge in [-0.25, -0.2) is 4.39 Å². The van der Waals surface area contributed by atoms with Gasteiger partial charge in [0.15, 0.2) is 17.5 Å². The molecule has 0 radical (unpaired) electrons. The number of piperidine rings is 3. The SMILES string of the molecule is OC(c1ccccc1)(c1ccccc1)c1cc(C[N+]23CCC(CC2)[C@@H](Oc2ccc(F)cc2)C3)on1.[Br-]. The first-order valence-electron chi connectivity index (χ1n) is 12.6. The summed E-state index contributed by atoms with van der Waals surface area (Å²) in [6.45, 7) is 3.69. The maximum Gasteiger partial charge on any atom is 0.191 e. The van der Waals surface area contributed by atoms with E-state index in [1.165, 1.54) is 12.1 Å². The standard InChI is InChI=1S/C30H30FN2O3.BrH/c31-25-11-13-26(14-12-25)35-28-21-33(17-15-22(28)16-18-33)20-27-19-29(32-36-27)30(34,23-7-3-1-4-8-23)24-9-5-2-6-10-24;/h1-14,19,22,28,34H,15-18,20-21H2;1H/q+1;/p-1/t22?,28-,33?;/m0./s1. The van der Waals surface area contributed by atoms with Crippen molar-refractivity contribution in [2.75, 3.05) is 19.6 Å². The molecule has 0 unspecified atom stereocenters. The number of quaternary nitrogens is 1. The lowest BCUT2D eigenvalue weighted by Crippen LogP contribution is -3.00. The van der Waals surface area contributed by atoms with Crippen molar-refractivity contribution in [2.24, 2.45) is 5.92 Å². The Labute approximate surface area is 226 Å². The number of aromatic nitrogens is 1. The Kier molecular flexibility index (Phi) is 7.21. The van der Waals surface area contributed by atoms with Crippen LogP contribution >= 0.6 is 0 Å². The Morgan fingerprint density at radius 2 is 1.51 bits per heavy atom. The topological polar surface area (TPSA) is 55.5 Å². The van der Waals surface area contributed by atoms with Gasteiger partial charge in [0.25, 0.3) is 0 Å². The lowest BCUT2D eigenvalue weighted by atomic mass is 9.82. The third-order valence-corrected chi connectivity index (χ3v) is 7.95. The van der Waals surface area contributed by atoms with Crippen molar-refractivity contribution in [2.45, 2.75) is 31.1 Å². The second-order valence-electron chi connectivity index (χ2n) is 10.2. The number of ether oxygens (including phenoxy) is 1. The average Bonchev–Trinajstić information content (AvgIpc) is 3.39. The molecule has 5 nitrogen and oxygen atoms in total. The van der Waals surface area contributed by atoms with E-state index < -0.39 is 5.60 Å². The zero-order valence-electron chi connectivity index (χ0n) is 20.5. The lowest BCUT2D eigenvalue weighted by molar-refractivity contribution is -0.959. The molecule has 0 spiro atoms. The van der Waals surface area contributed by atoms with Crippen molar-refractivity contribution in [1.29, 1.82) is 0 Å².